The molecule has 0 aromatic heterocycles. The lowest BCUT2D eigenvalue weighted by Crippen LogP contribution is -2.23. The van der Waals surface area contributed by atoms with Gasteiger partial charge in [-0.25, -0.2) is 9.18 Å². The van der Waals surface area contributed by atoms with Crippen molar-refractivity contribution in [2.75, 3.05) is 5.32 Å². The number of benzene rings is 2. The molecule has 0 spiro atoms. The average molecular weight is 390 g/mol. The average Bonchev–Trinajstić information content (AvgIpc) is 2.60. The van der Waals surface area contributed by atoms with E-state index in [9.17, 15) is 18.8 Å². The largest absolute Gasteiger partial charge is 0.451 e. The van der Waals surface area contributed by atoms with Crippen LogP contribution < -0.4 is 5.32 Å². The van der Waals surface area contributed by atoms with Crippen LogP contribution in [0, 0.1) is 5.82 Å². The number of halogens is 2. The van der Waals surface area contributed by atoms with E-state index in [1.54, 1.807) is 12.1 Å². The fourth-order valence-corrected chi connectivity index (χ4v) is 2.47. The highest BCUT2D eigenvalue weighted by Crippen LogP contribution is 2.20. The number of hydrogen-bond acceptors (Lipinski definition) is 4. The summed E-state index contributed by atoms with van der Waals surface area (Å²) in [5.74, 6) is -2.01. The molecule has 2 rings (SSSR count). The minimum Gasteiger partial charge on any atom is -0.451 e. The quantitative estimate of drug-likeness (QED) is 0.455. The van der Waals surface area contributed by atoms with Gasteiger partial charge in [-0.15, -0.1) is 0 Å². The molecule has 2 aromatic rings. The van der Waals surface area contributed by atoms with Crippen LogP contribution in [0.15, 0.2) is 48.5 Å². The summed E-state index contributed by atoms with van der Waals surface area (Å²) >= 11 is 5.87. The van der Waals surface area contributed by atoms with Crippen molar-refractivity contribution in [3.63, 3.8) is 0 Å². The highest BCUT2D eigenvalue weighted by Gasteiger charge is 2.18. The van der Waals surface area contributed by atoms with E-state index in [4.69, 9.17) is 16.3 Å². The Morgan fingerprint density at radius 3 is 2.41 bits per heavy atom. The number of rotatable bonds is 6. The van der Waals surface area contributed by atoms with Gasteiger partial charge in [-0.3, -0.25) is 9.59 Å². The fourth-order valence-electron chi connectivity index (χ4n) is 2.24. The summed E-state index contributed by atoms with van der Waals surface area (Å²) in [6.45, 7) is 2.81. The maximum absolute atomic E-state index is 13.7. The molecule has 1 amide bonds. The van der Waals surface area contributed by atoms with Gasteiger partial charge in [0, 0.05) is 29.8 Å². The minimum absolute atomic E-state index is 0.0589. The molecule has 27 heavy (non-hydrogen) atoms. The summed E-state index contributed by atoms with van der Waals surface area (Å²) in [6, 6.07) is 10.3. The number of carbonyl (C=O) groups excluding carboxylic acids is 3. The van der Waals surface area contributed by atoms with Crippen molar-refractivity contribution in [3.8, 4) is 0 Å². The Morgan fingerprint density at radius 2 is 1.81 bits per heavy atom. The van der Waals surface area contributed by atoms with Crippen molar-refractivity contribution in [3.05, 3.63) is 70.5 Å². The molecule has 0 aliphatic carbocycles. The minimum atomic E-state index is -1.04. The van der Waals surface area contributed by atoms with E-state index in [2.05, 4.69) is 5.32 Å². The van der Waals surface area contributed by atoms with Gasteiger partial charge in [-0.2, -0.15) is 0 Å². The second kappa shape index (κ2) is 9.09. The fraction of sp³-hybridized carbons (Fsp3) is 0.150. The van der Waals surface area contributed by atoms with Gasteiger partial charge >= 0.3 is 5.97 Å². The van der Waals surface area contributed by atoms with Crippen LogP contribution >= 0.6 is 11.6 Å². The zero-order valence-corrected chi connectivity index (χ0v) is 15.4. The van der Waals surface area contributed by atoms with Crippen LogP contribution in [0.3, 0.4) is 0 Å². The first-order chi connectivity index (χ1) is 12.8. The Morgan fingerprint density at radius 1 is 1.15 bits per heavy atom. The Hall–Kier alpha value is -2.99. The van der Waals surface area contributed by atoms with Crippen LogP contribution in [0.5, 0.6) is 0 Å². The van der Waals surface area contributed by atoms with Gasteiger partial charge in [0.05, 0.1) is 5.02 Å². The van der Waals surface area contributed by atoms with Crippen molar-refractivity contribution < 1.29 is 23.5 Å². The molecule has 7 heteroatoms. The number of ketones is 1. The summed E-state index contributed by atoms with van der Waals surface area (Å²) in [4.78, 5) is 35.2. The van der Waals surface area contributed by atoms with E-state index in [0.717, 1.165) is 6.08 Å². The van der Waals surface area contributed by atoms with E-state index in [1.165, 1.54) is 50.3 Å². The number of Topliss-reactive ketones (excluding diaryl/α,β-unsaturated/α-hetero) is 1. The van der Waals surface area contributed by atoms with Gasteiger partial charge in [-0.05, 0) is 49.4 Å². The van der Waals surface area contributed by atoms with Crippen molar-refractivity contribution in [2.45, 2.75) is 20.0 Å². The van der Waals surface area contributed by atoms with Gasteiger partial charge in [0.1, 0.15) is 5.82 Å². The first-order valence-electron chi connectivity index (χ1n) is 8.02. The van der Waals surface area contributed by atoms with Gasteiger partial charge in [-0.1, -0.05) is 17.7 Å². The highest BCUT2D eigenvalue weighted by atomic mass is 35.5. The SMILES string of the molecule is CC(=O)Nc1ccc(C(=O)[C@H](C)OC(=O)/C=C/c2c(F)cccc2Cl)cc1. The predicted octanol–water partition coefficient (Wildman–Crippen LogP) is 4.27. The maximum atomic E-state index is 13.7. The Bertz CT molecular complexity index is 873. The molecule has 0 radical (unpaired) electrons. The summed E-state index contributed by atoms with van der Waals surface area (Å²) in [5.41, 5.74) is 0.933. The number of ether oxygens (including phenoxy) is 1. The number of amides is 1. The Kier molecular flexibility index (Phi) is 6.85. The highest BCUT2D eigenvalue weighted by molar-refractivity contribution is 6.32. The molecule has 2 aromatic carbocycles. The molecular weight excluding hydrogens is 373 g/mol. The first kappa shape index (κ1) is 20.3. The summed E-state index contributed by atoms with van der Waals surface area (Å²) in [5, 5.41) is 2.74. The number of nitrogens with one attached hydrogen (secondary N) is 1. The standard InChI is InChI=1S/C20H17ClFNO4/c1-12(20(26)14-6-8-15(9-7-14)23-13(2)24)27-19(25)11-10-16-17(21)4-3-5-18(16)22/h3-12H,1-2H3,(H,23,24)/b11-10+/t12-/m0/s1. The number of anilines is 1. The van der Waals surface area contributed by atoms with E-state index >= 15 is 0 Å². The van der Waals surface area contributed by atoms with Crippen LogP contribution in [0.2, 0.25) is 5.02 Å². The normalized spacial score (nSPS) is 11.9. The van der Waals surface area contributed by atoms with E-state index in [1.807, 2.05) is 0 Å². The van der Waals surface area contributed by atoms with Crippen LogP contribution in [0.4, 0.5) is 10.1 Å². The third-order valence-corrected chi connectivity index (χ3v) is 3.87. The zero-order valence-electron chi connectivity index (χ0n) is 14.7. The lowest BCUT2D eigenvalue weighted by molar-refractivity contribution is -0.140. The topological polar surface area (TPSA) is 72.5 Å². The van der Waals surface area contributed by atoms with Crippen LogP contribution in [0.1, 0.15) is 29.8 Å². The smallest absolute Gasteiger partial charge is 0.331 e. The molecule has 0 saturated carbocycles. The summed E-state index contributed by atoms with van der Waals surface area (Å²) in [7, 11) is 0. The molecule has 1 N–H and O–H groups in total. The second-order valence-corrected chi connectivity index (χ2v) is 6.08. The van der Waals surface area contributed by atoms with Crippen molar-refractivity contribution in [2.24, 2.45) is 0 Å². The Labute approximate surface area is 160 Å². The lowest BCUT2D eigenvalue weighted by atomic mass is 10.1. The number of carbonyl (C=O) groups is 3. The lowest BCUT2D eigenvalue weighted by Gasteiger charge is -2.11. The number of esters is 1. The van der Waals surface area contributed by atoms with Crippen LogP contribution in [-0.4, -0.2) is 23.8 Å². The monoisotopic (exact) mass is 389 g/mol. The first-order valence-corrected chi connectivity index (χ1v) is 8.40. The van der Waals surface area contributed by atoms with Crippen LogP contribution in [-0.2, 0) is 14.3 Å². The molecule has 0 aliphatic heterocycles. The van der Waals surface area contributed by atoms with Crippen molar-refractivity contribution in [1.82, 2.24) is 0 Å². The molecular formula is C20H17ClFNO4. The molecule has 0 saturated heterocycles. The zero-order chi connectivity index (χ0) is 20.0. The van der Waals surface area contributed by atoms with E-state index in [0.29, 0.717) is 11.3 Å². The maximum Gasteiger partial charge on any atom is 0.331 e. The Balaban J connectivity index is 2.00. The van der Waals surface area contributed by atoms with Gasteiger partial charge < -0.3 is 10.1 Å². The molecule has 0 bridgehead atoms. The number of hydrogen-bond donors (Lipinski definition) is 1. The van der Waals surface area contributed by atoms with Gasteiger partial charge in [0.25, 0.3) is 0 Å². The predicted molar refractivity (Wildman–Crippen MR) is 101 cm³/mol. The van der Waals surface area contributed by atoms with Gasteiger partial charge in [0.2, 0.25) is 11.7 Å². The summed E-state index contributed by atoms with van der Waals surface area (Å²) in [6.07, 6.45) is 1.16. The molecule has 0 unspecified atom stereocenters. The van der Waals surface area contributed by atoms with Gasteiger partial charge in [0.15, 0.2) is 6.10 Å². The molecule has 0 aliphatic rings. The molecule has 140 valence electrons. The van der Waals surface area contributed by atoms with Crippen molar-refractivity contribution >= 4 is 41.0 Å². The van der Waals surface area contributed by atoms with Crippen LogP contribution in [0.25, 0.3) is 6.08 Å². The third kappa shape index (κ3) is 5.76. The third-order valence-electron chi connectivity index (χ3n) is 3.54. The van der Waals surface area contributed by atoms with E-state index < -0.39 is 23.7 Å². The molecule has 5 nitrogen and oxygen atoms in total. The van der Waals surface area contributed by atoms with Crippen molar-refractivity contribution in [1.29, 1.82) is 0 Å². The molecule has 1 atom stereocenters. The van der Waals surface area contributed by atoms with E-state index in [-0.39, 0.29) is 16.5 Å². The summed E-state index contributed by atoms with van der Waals surface area (Å²) < 4.78 is 18.7. The molecule has 0 heterocycles. The molecule has 0 fully saturated rings. The second-order valence-electron chi connectivity index (χ2n) is 5.67.